The zero-order valence-corrected chi connectivity index (χ0v) is 17.4. The molecule has 1 aromatic carbocycles. The summed E-state index contributed by atoms with van der Waals surface area (Å²) in [4.78, 5) is 3.46. The van der Waals surface area contributed by atoms with Gasteiger partial charge >= 0.3 is 0 Å². The summed E-state index contributed by atoms with van der Waals surface area (Å²) in [7, 11) is -6.53. The minimum atomic E-state index is -4.10. The Balaban J connectivity index is 2.52. The topological polar surface area (TPSA) is 106 Å². The first-order chi connectivity index (χ1) is 12.7. The van der Waals surface area contributed by atoms with Gasteiger partial charge in [-0.2, -0.15) is 4.31 Å². The van der Waals surface area contributed by atoms with E-state index in [1.807, 2.05) is 0 Å². The largest absolute Gasteiger partial charge is 0.495 e. The van der Waals surface area contributed by atoms with Crippen molar-refractivity contribution in [3.05, 3.63) is 41.7 Å². The molecule has 1 heterocycles. The van der Waals surface area contributed by atoms with Gasteiger partial charge in [0.1, 0.15) is 15.8 Å². The van der Waals surface area contributed by atoms with Crippen molar-refractivity contribution in [1.29, 1.82) is 0 Å². The summed E-state index contributed by atoms with van der Waals surface area (Å²) >= 11 is 5.87. The van der Waals surface area contributed by atoms with Gasteiger partial charge in [-0.3, -0.25) is 4.72 Å². The first-order valence-corrected chi connectivity index (χ1v) is 11.3. The summed E-state index contributed by atoms with van der Waals surface area (Å²) in [5.74, 6) is 0.164. The van der Waals surface area contributed by atoms with Gasteiger partial charge in [-0.15, -0.1) is 0 Å². The lowest BCUT2D eigenvalue weighted by Crippen LogP contribution is -2.30. The van der Waals surface area contributed by atoms with Gasteiger partial charge in [0.15, 0.2) is 0 Å². The molecule has 0 aliphatic heterocycles. The van der Waals surface area contributed by atoms with Crippen LogP contribution in [0, 0.1) is 0 Å². The normalized spacial score (nSPS) is 12.2. The van der Waals surface area contributed by atoms with Crippen LogP contribution in [0.15, 0.2) is 46.3 Å². The molecule has 0 atom stereocenters. The van der Waals surface area contributed by atoms with Crippen molar-refractivity contribution < 1.29 is 21.6 Å². The van der Waals surface area contributed by atoms with E-state index in [1.54, 1.807) is 13.8 Å². The third kappa shape index (κ3) is 4.52. The number of ether oxygens (including phenoxy) is 1. The lowest BCUT2D eigenvalue weighted by Gasteiger charge is -2.20. The maximum absolute atomic E-state index is 12.7. The Hall–Kier alpha value is -1.88. The molecule has 0 spiro atoms. The molecule has 0 saturated heterocycles. The molecule has 8 nitrogen and oxygen atoms in total. The van der Waals surface area contributed by atoms with E-state index in [1.165, 1.54) is 47.9 Å². The molecule has 0 aliphatic carbocycles. The second kappa shape index (κ2) is 8.42. The summed E-state index contributed by atoms with van der Waals surface area (Å²) in [6.07, 6.45) is 1.36. The number of pyridine rings is 1. The van der Waals surface area contributed by atoms with Crippen molar-refractivity contribution in [2.75, 3.05) is 24.9 Å². The van der Waals surface area contributed by atoms with E-state index in [0.717, 1.165) is 0 Å². The molecule has 2 aromatic rings. The highest BCUT2D eigenvalue weighted by Gasteiger charge is 2.25. The third-order valence-electron chi connectivity index (χ3n) is 3.77. The minimum Gasteiger partial charge on any atom is -0.495 e. The summed E-state index contributed by atoms with van der Waals surface area (Å²) in [6, 6.07) is 6.69. The number of methoxy groups -OCH3 is 1. The fraction of sp³-hybridized carbons (Fsp3) is 0.312. The maximum Gasteiger partial charge on any atom is 0.265 e. The fourth-order valence-corrected chi connectivity index (χ4v) is 5.41. The number of anilines is 1. The molecule has 0 radical (unpaired) electrons. The molecule has 1 aromatic heterocycles. The van der Waals surface area contributed by atoms with Crippen LogP contribution in [-0.4, -0.2) is 46.3 Å². The third-order valence-corrected chi connectivity index (χ3v) is 7.63. The van der Waals surface area contributed by atoms with E-state index >= 15 is 0 Å². The van der Waals surface area contributed by atoms with Crippen molar-refractivity contribution >= 4 is 37.3 Å². The molecule has 27 heavy (non-hydrogen) atoms. The average molecular weight is 434 g/mol. The van der Waals surface area contributed by atoms with Gasteiger partial charge in [-0.1, -0.05) is 25.4 Å². The van der Waals surface area contributed by atoms with Crippen LogP contribution in [0.25, 0.3) is 0 Å². The van der Waals surface area contributed by atoms with Crippen molar-refractivity contribution in [3.8, 4) is 5.75 Å². The highest BCUT2D eigenvalue weighted by atomic mass is 35.5. The summed E-state index contributed by atoms with van der Waals surface area (Å²) in [5.41, 5.74) is -0.0225. The monoisotopic (exact) mass is 433 g/mol. The Morgan fingerprint density at radius 2 is 1.81 bits per heavy atom. The molecule has 0 saturated carbocycles. The first-order valence-electron chi connectivity index (χ1n) is 7.98. The molecule has 2 rings (SSSR count). The zero-order valence-electron chi connectivity index (χ0n) is 15.0. The molecular formula is C16H20ClN3O5S2. The maximum atomic E-state index is 12.7. The summed E-state index contributed by atoms with van der Waals surface area (Å²) in [5, 5.41) is -0.198. The SMILES string of the molecule is CCN(CC)S(=O)(=O)c1ccc(OC)c(NS(=O)(=O)c2cccnc2Cl)c1. The minimum absolute atomic E-state index is 0.0225. The van der Waals surface area contributed by atoms with Crippen LogP contribution >= 0.6 is 11.6 Å². The highest BCUT2D eigenvalue weighted by molar-refractivity contribution is 7.93. The Labute approximate surface area is 164 Å². The Morgan fingerprint density at radius 1 is 1.15 bits per heavy atom. The number of hydrogen-bond acceptors (Lipinski definition) is 6. The average Bonchev–Trinajstić information content (AvgIpc) is 2.62. The number of sulfonamides is 2. The van der Waals surface area contributed by atoms with E-state index < -0.39 is 20.0 Å². The van der Waals surface area contributed by atoms with Crippen LogP contribution in [0.2, 0.25) is 5.15 Å². The van der Waals surface area contributed by atoms with E-state index in [2.05, 4.69) is 9.71 Å². The van der Waals surface area contributed by atoms with Crippen LogP contribution < -0.4 is 9.46 Å². The van der Waals surface area contributed by atoms with Gasteiger partial charge in [0.2, 0.25) is 10.0 Å². The standard InChI is InChI=1S/C16H20ClN3O5S2/c1-4-20(5-2)27(23,24)12-8-9-14(25-3)13(11-12)19-26(21,22)15-7-6-10-18-16(15)17/h6-11,19H,4-5H2,1-3H3. The molecule has 0 aliphatic rings. The summed E-state index contributed by atoms with van der Waals surface area (Å²) < 4.78 is 59.5. The predicted octanol–water partition coefficient (Wildman–Crippen LogP) is 2.57. The van der Waals surface area contributed by atoms with Crippen LogP contribution in [0.5, 0.6) is 5.75 Å². The molecular weight excluding hydrogens is 414 g/mol. The molecule has 0 fully saturated rings. The fourth-order valence-electron chi connectivity index (χ4n) is 2.41. The van der Waals surface area contributed by atoms with Crippen LogP contribution in [0.1, 0.15) is 13.8 Å². The van der Waals surface area contributed by atoms with E-state index in [-0.39, 0.29) is 39.5 Å². The summed E-state index contributed by atoms with van der Waals surface area (Å²) in [6.45, 7) is 4.02. The number of nitrogens with one attached hydrogen (secondary N) is 1. The second-order valence-corrected chi connectivity index (χ2v) is 9.30. The number of rotatable bonds is 8. The second-order valence-electron chi connectivity index (χ2n) is 5.35. The van der Waals surface area contributed by atoms with Gasteiger partial charge < -0.3 is 4.74 Å². The van der Waals surface area contributed by atoms with E-state index in [9.17, 15) is 16.8 Å². The number of nitrogens with zero attached hydrogens (tertiary/aromatic N) is 2. The molecule has 11 heteroatoms. The molecule has 0 unspecified atom stereocenters. The quantitative estimate of drug-likeness (QED) is 0.641. The van der Waals surface area contributed by atoms with Crippen LogP contribution in [0.3, 0.4) is 0 Å². The van der Waals surface area contributed by atoms with E-state index in [0.29, 0.717) is 0 Å². The van der Waals surface area contributed by atoms with Gasteiger partial charge in [0.25, 0.3) is 10.0 Å². The molecule has 1 N–H and O–H groups in total. The number of halogens is 1. The van der Waals surface area contributed by atoms with Gasteiger partial charge in [-0.25, -0.2) is 21.8 Å². The lowest BCUT2D eigenvalue weighted by molar-refractivity contribution is 0.416. The molecule has 0 amide bonds. The molecule has 148 valence electrons. The van der Waals surface area contributed by atoms with Crippen molar-refractivity contribution in [1.82, 2.24) is 9.29 Å². The van der Waals surface area contributed by atoms with Crippen molar-refractivity contribution in [2.24, 2.45) is 0 Å². The lowest BCUT2D eigenvalue weighted by atomic mass is 10.3. The number of hydrogen-bond donors (Lipinski definition) is 1. The first kappa shape index (κ1) is 21.4. The van der Waals surface area contributed by atoms with Crippen LogP contribution in [-0.2, 0) is 20.0 Å². The molecule has 0 bridgehead atoms. The zero-order chi connectivity index (χ0) is 20.2. The van der Waals surface area contributed by atoms with Crippen LogP contribution in [0.4, 0.5) is 5.69 Å². The Morgan fingerprint density at radius 3 is 2.37 bits per heavy atom. The Kier molecular flexibility index (Phi) is 6.68. The Bertz CT molecular complexity index is 1020. The highest BCUT2D eigenvalue weighted by Crippen LogP contribution is 2.31. The number of aromatic nitrogens is 1. The van der Waals surface area contributed by atoms with Gasteiger partial charge in [0, 0.05) is 19.3 Å². The van der Waals surface area contributed by atoms with Crippen molar-refractivity contribution in [3.63, 3.8) is 0 Å². The van der Waals surface area contributed by atoms with E-state index in [4.69, 9.17) is 16.3 Å². The van der Waals surface area contributed by atoms with Gasteiger partial charge in [0.05, 0.1) is 17.7 Å². The number of benzene rings is 1. The van der Waals surface area contributed by atoms with Gasteiger partial charge in [-0.05, 0) is 30.3 Å². The van der Waals surface area contributed by atoms with Crippen molar-refractivity contribution in [2.45, 2.75) is 23.6 Å². The predicted molar refractivity (Wildman–Crippen MR) is 103 cm³/mol. The smallest absolute Gasteiger partial charge is 0.265 e.